The van der Waals surface area contributed by atoms with Gasteiger partial charge in [0.15, 0.2) is 0 Å². The lowest BCUT2D eigenvalue weighted by Gasteiger charge is -2.07. The highest BCUT2D eigenvalue weighted by atomic mass is 15.2. The Bertz CT molecular complexity index is 466. The number of anilines is 1. The molecule has 0 spiro atoms. The van der Waals surface area contributed by atoms with Gasteiger partial charge in [0, 0.05) is 12.6 Å². The molecule has 3 nitrogen and oxygen atoms in total. The Morgan fingerprint density at radius 2 is 1.88 bits per heavy atom. The lowest BCUT2D eigenvalue weighted by atomic mass is 10.1. The third-order valence-electron chi connectivity index (χ3n) is 2.56. The average Bonchev–Trinajstić information content (AvgIpc) is 2.39. The van der Waals surface area contributed by atoms with Gasteiger partial charge >= 0.3 is 0 Å². The first-order valence-corrected chi connectivity index (χ1v) is 5.45. The van der Waals surface area contributed by atoms with Crippen molar-refractivity contribution in [1.29, 1.82) is 0 Å². The first-order chi connectivity index (χ1) is 7.85. The number of nitrogens with zero attached hydrogens (tertiary/aromatic N) is 2. The van der Waals surface area contributed by atoms with Gasteiger partial charge in [-0.3, -0.25) is 0 Å². The fraction of sp³-hybridized carbons (Fsp3) is 0.231. The van der Waals surface area contributed by atoms with Crippen LogP contribution in [0, 0.1) is 0 Å². The van der Waals surface area contributed by atoms with E-state index >= 15 is 0 Å². The molecule has 0 aliphatic heterocycles. The summed E-state index contributed by atoms with van der Waals surface area (Å²) >= 11 is 0. The van der Waals surface area contributed by atoms with Crippen LogP contribution in [0.1, 0.15) is 12.5 Å². The fourth-order valence-electron chi connectivity index (χ4n) is 1.66. The molecule has 16 heavy (non-hydrogen) atoms. The molecular formula is C13H15N3. The molecule has 2 rings (SSSR count). The Labute approximate surface area is 95.5 Å². The minimum atomic E-state index is 0.816. The van der Waals surface area contributed by atoms with Gasteiger partial charge in [0.2, 0.25) is 0 Å². The topological polar surface area (TPSA) is 37.8 Å². The zero-order valence-electron chi connectivity index (χ0n) is 9.57. The minimum Gasteiger partial charge on any atom is -0.372 e. The maximum Gasteiger partial charge on any atom is 0.148 e. The Morgan fingerprint density at radius 3 is 2.50 bits per heavy atom. The number of aromatic nitrogens is 2. The van der Waals surface area contributed by atoms with Crippen LogP contribution in [-0.2, 0) is 6.42 Å². The quantitative estimate of drug-likeness (QED) is 0.851. The second-order valence-electron chi connectivity index (χ2n) is 3.57. The molecule has 0 fully saturated rings. The zero-order chi connectivity index (χ0) is 11.4. The molecule has 0 aliphatic rings. The van der Waals surface area contributed by atoms with Crippen molar-refractivity contribution in [3.63, 3.8) is 0 Å². The van der Waals surface area contributed by atoms with Crippen LogP contribution in [0.4, 0.5) is 5.82 Å². The Kier molecular flexibility index (Phi) is 3.15. The van der Waals surface area contributed by atoms with E-state index in [0.717, 1.165) is 23.5 Å². The van der Waals surface area contributed by atoms with Crippen LogP contribution < -0.4 is 5.32 Å². The third-order valence-corrected chi connectivity index (χ3v) is 2.56. The Hall–Kier alpha value is -1.90. The molecule has 0 radical (unpaired) electrons. The lowest BCUT2D eigenvalue weighted by Crippen LogP contribution is -2.00. The molecule has 0 saturated heterocycles. The van der Waals surface area contributed by atoms with Crippen molar-refractivity contribution < 1.29 is 0 Å². The van der Waals surface area contributed by atoms with Gasteiger partial charge in [-0.1, -0.05) is 37.3 Å². The van der Waals surface area contributed by atoms with Gasteiger partial charge in [0.25, 0.3) is 0 Å². The SMILES string of the molecule is CCc1cc(NC)nnc1-c1ccccc1. The standard InChI is InChI=1S/C13H15N3/c1-3-10-9-12(14-2)15-16-13(10)11-7-5-4-6-8-11/h4-9H,3H2,1-2H3,(H,14,15). The van der Waals surface area contributed by atoms with E-state index in [1.165, 1.54) is 5.56 Å². The smallest absolute Gasteiger partial charge is 0.148 e. The maximum atomic E-state index is 4.28. The summed E-state index contributed by atoms with van der Waals surface area (Å²) in [4.78, 5) is 0. The average molecular weight is 213 g/mol. The molecule has 0 bridgehead atoms. The highest BCUT2D eigenvalue weighted by Crippen LogP contribution is 2.22. The molecular weight excluding hydrogens is 198 g/mol. The Morgan fingerprint density at radius 1 is 1.12 bits per heavy atom. The Balaban J connectivity index is 2.49. The van der Waals surface area contributed by atoms with Crippen molar-refractivity contribution in [2.45, 2.75) is 13.3 Å². The van der Waals surface area contributed by atoms with Gasteiger partial charge in [-0.05, 0) is 18.1 Å². The number of hydrogen-bond acceptors (Lipinski definition) is 3. The molecule has 1 aromatic heterocycles. The van der Waals surface area contributed by atoms with Crippen LogP contribution in [0.2, 0.25) is 0 Å². The predicted molar refractivity (Wildman–Crippen MR) is 66.4 cm³/mol. The predicted octanol–water partition coefficient (Wildman–Crippen LogP) is 2.75. The summed E-state index contributed by atoms with van der Waals surface area (Å²) in [6.45, 7) is 2.13. The van der Waals surface area contributed by atoms with E-state index in [2.05, 4.69) is 40.6 Å². The van der Waals surface area contributed by atoms with Crippen LogP contribution in [0.3, 0.4) is 0 Å². The van der Waals surface area contributed by atoms with E-state index in [0.29, 0.717) is 0 Å². The van der Waals surface area contributed by atoms with E-state index in [1.807, 2.05) is 25.2 Å². The van der Waals surface area contributed by atoms with Crippen molar-refractivity contribution in [3.05, 3.63) is 42.0 Å². The molecule has 1 N–H and O–H groups in total. The van der Waals surface area contributed by atoms with Crippen molar-refractivity contribution in [1.82, 2.24) is 10.2 Å². The summed E-state index contributed by atoms with van der Waals surface area (Å²) < 4.78 is 0. The summed E-state index contributed by atoms with van der Waals surface area (Å²) in [5, 5.41) is 11.4. The van der Waals surface area contributed by atoms with Gasteiger partial charge in [0.1, 0.15) is 5.82 Å². The normalized spacial score (nSPS) is 10.1. The van der Waals surface area contributed by atoms with Crippen LogP contribution in [-0.4, -0.2) is 17.2 Å². The monoisotopic (exact) mass is 213 g/mol. The zero-order valence-corrected chi connectivity index (χ0v) is 9.57. The second kappa shape index (κ2) is 4.75. The number of hydrogen-bond donors (Lipinski definition) is 1. The lowest BCUT2D eigenvalue weighted by molar-refractivity contribution is 0.993. The van der Waals surface area contributed by atoms with Gasteiger partial charge < -0.3 is 5.32 Å². The summed E-state index contributed by atoms with van der Waals surface area (Å²) in [5.41, 5.74) is 3.31. The van der Waals surface area contributed by atoms with Crippen molar-refractivity contribution in [2.24, 2.45) is 0 Å². The molecule has 82 valence electrons. The van der Waals surface area contributed by atoms with Crippen molar-refractivity contribution in [2.75, 3.05) is 12.4 Å². The first-order valence-electron chi connectivity index (χ1n) is 5.45. The molecule has 0 unspecified atom stereocenters. The third kappa shape index (κ3) is 2.03. The molecule has 0 amide bonds. The van der Waals surface area contributed by atoms with Crippen LogP contribution in [0.5, 0.6) is 0 Å². The van der Waals surface area contributed by atoms with Gasteiger partial charge in [0.05, 0.1) is 5.69 Å². The largest absolute Gasteiger partial charge is 0.372 e. The van der Waals surface area contributed by atoms with E-state index in [-0.39, 0.29) is 0 Å². The number of aryl methyl sites for hydroxylation is 1. The first kappa shape index (κ1) is 10.6. The van der Waals surface area contributed by atoms with Crippen LogP contribution >= 0.6 is 0 Å². The van der Waals surface area contributed by atoms with Gasteiger partial charge in [-0.15, -0.1) is 10.2 Å². The summed E-state index contributed by atoms with van der Waals surface area (Å²) in [6.07, 6.45) is 0.953. The number of nitrogens with one attached hydrogen (secondary N) is 1. The summed E-state index contributed by atoms with van der Waals surface area (Å²) in [6, 6.07) is 12.2. The van der Waals surface area contributed by atoms with Gasteiger partial charge in [-0.2, -0.15) is 0 Å². The fourth-order valence-corrected chi connectivity index (χ4v) is 1.66. The van der Waals surface area contributed by atoms with E-state index in [4.69, 9.17) is 0 Å². The van der Waals surface area contributed by atoms with Crippen LogP contribution in [0.25, 0.3) is 11.3 Å². The number of rotatable bonds is 3. The van der Waals surface area contributed by atoms with Crippen LogP contribution in [0.15, 0.2) is 36.4 Å². The molecule has 3 heteroatoms. The number of benzene rings is 1. The maximum absolute atomic E-state index is 4.28. The molecule has 1 aromatic carbocycles. The van der Waals surface area contributed by atoms with E-state index in [1.54, 1.807) is 0 Å². The minimum absolute atomic E-state index is 0.816. The summed E-state index contributed by atoms with van der Waals surface area (Å²) in [7, 11) is 1.85. The van der Waals surface area contributed by atoms with E-state index < -0.39 is 0 Å². The highest BCUT2D eigenvalue weighted by Gasteiger charge is 2.06. The molecule has 0 aliphatic carbocycles. The van der Waals surface area contributed by atoms with E-state index in [9.17, 15) is 0 Å². The molecule has 0 atom stereocenters. The molecule has 2 aromatic rings. The summed E-state index contributed by atoms with van der Waals surface area (Å²) in [5.74, 6) is 0.816. The van der Waals surface area contributed by atoms with Crippen molar-refractivity contribution >= 4 is 5.82 Å². The van der Waals surface area contributed by atoms with Crippen molar-refractivity contribution in [3.8, 4) is 11.3 Å². The molecule has 0 saturated carbocycles. The second-order valence-corrected chi connectivity index (χ2v) is 3.57. The van der Waals surface area contributed by atoms with Gasteiger partial charge in [-0.25, -0.2) is 0 Å². The highest BCUT2D eigenvalue weighted by molar-refractivity contribution is 5.63. The molecule has 1 heterocycles.